The highest BCUT2D eigenvalue weighted by atomic mass is 19.4. The van der Waals surface area contributed by atoms with Gasteiger partial charge in [0.1, 0.15) is 6.04 Å². The van der Waals surface area contributed by atoms with Crippen LogP contribution in [-0.4, -0.2) is 42.9 Å². The Morgan fingerprint density at radius 2 is 1.53 bits per heavy atom. The number of alkyl halides is 6. The quantitative estimate of drug-likeness (QED) is 0.774. The molecular weight excluding hydrogens is 250 g/mol. The number of likely N-dealkylation sites (tertiary alicyclic amines) is 1. The highest BCUT2D eigenvalue weighted by molar-refractivity contribution is 4.85. The third-order valence-corrected chi connectivity index (χ3v) is 3.03. The molecule has 2 N–H and O–H groups in total. The van der Waals surface area contributed by atoms with Crippen LogP contribution in [0, 0.1) is 5.92 Å². The Balaban J connectivity index is 2.57. The number of nitrogens with zero attached hydrogens (tertiary/aromatic N) is 1. The van der Waals surface area contributed by atoms with Crippen molar-refractivity contribution >= 4 is 0 Å². The van der Waals surface area contributed by atoms with Gasteiger partial charge >= 0.3 is 12.4 Å². The Morgan fingerprint density at radius 1 is 1.06 bits per heavy atom. The van der Waals surface area contributed by atoms with Crippen LogP contribution in [0.15, 0.2) is 0 Å². The molecule has 8 heteroatoms. The molecule has 0 radical (unpaired) electrons. The highest BCUT2D eigenvalue weighted by Gasteiger charge is 2.47. The zero-order valence-electron chi connectivity index (χ0n) is 8.98. The summed E-state index contributed by atoms with van der Waals surface area (Å²) in [4.78, 5) is 0.988. The number of hydrogen-bond donors (Lipinski definition) is 1. The zero-order valence-corrected chi connectivity index (χ0v) is 8.98. The molecule has 1 rings (SSSR count). The van der Waals surface area contributed by atoms with E-state index in [4.69, 9.17) is 5.73 Å². The van der Waals surface area contributed by atoms with Gasteiger partial charge in [-0.05, 0) is 25.9 Å². The largest absolute Gasteiger partial charge is 0.405 e. The summed E-state index contributed by atoms with van der Waals surface area (Å²) in [7, 11) is 0. The van der Waals surface area contributed by atoms with Gasteiger partial charge in [-0.1, -0.05) is 0 Å². The van der Waals surface area contributed by atoms with E-state index in [0.29, 0.717) is 0 Å². The molecule has 1 aliphatic heterocycles. The van der Waals surface area contributed by atoms with Gasteiger partial charge in [0.25, 0.3) is 0 Å². The van der Waals surface area contributed by atoms with Crippen molar-refractivity contribution < 1.29 is 26.3 Å². The second-order valence-corrected chi connectivity index (χ2v) is 4.14. The summed E-state index contributed by atoms with van der Waals surface area (Å²) in [6, 6.07) is -1.84. The van der Waals surface area contributed by atoms with Crippen LogP contribution in [0.3, 0.4) is 0 Å². The van der Waals surface area contributed by atoms with Gasteiger partial charge < -0.3 is 5.73 Å². The van der Waals surface area contributed by atoms with Gasteiger partial charge in [0.05, 0.1) is 5.92 Å². The molecule has 1 unspecified atom stereocenters. The first kappa shape index (κ1) is 14.6. The number of hydrogen-bond acceptors (Lipinski definition) is 2. The fourth-order valence-electron chi connectivity index (χ4n) is 2.03. The molecule has 0 bridgehead atoms. The molecule has 1 aliphatic rings. The van der Waals surface area contributed by atoms with E-state index >= 15 is 0 Å². The van der Waals surface area contributed by atoms with Gasteiger partial charge in [0.2, 0.25) is 0 Å². The highest BCUT2D eigenvalue weighted by Crippen LogP contribution is 2.36. The second kappa shape index (κ2) is 5.01. The predicted molar refractivity (Wildman–Crippen MR) is 49.2 cm³/mol. The van der Waals surface area contributed by atoms with Crippen LogP contribution in [0.5, 0.6) is 0 Å². The summed E-state index contributed by atoms with van der Waals surface area (Å²) in [5.74, 6) is -1.49. The Hall–Kier alpha value is -0.500. The fourth-order valence-corrected chi connectivity index (χ4v) is 2.03. The molecule has 0 amide bonds. The SMILES string of the molecule is NCC(N1CCC(C(F)(F)F)CC1)C(F)(F)F. The molecule has 17 heavy (non-hydrogen) atoms. The number of piperidine rings is 1. The van der Waals surface area contributed by atoms with Gasteiger partial charge in [-0.15, -0.1) is 0 Å². The lowest BCUT2D eigenvalue weighted by Gasteiger charge is -2.38. The molecule has 0 aromatic carbocycles. The van der Waals surface area contributed by atoms with Crippen molar-refractivity contribution in [3.8, 4) is 0 Å². The second-order valence-electron chi connectivity index (χ2n) is 4.14. The van der Waals surface area contributed by atoms with E-state index in [1.54, 1.807) is 0 Å². The summed E-state index contributed by atoms with van der Waals surface area (Å²) >= 11 is 0. The van der Waals surface area contributed by atoms with Crippen LogP contribution in [0.1, 0.15) is 12.8 Å². The molecule has 2 nitrogen and oxygen atoms in total. The monoisotopic (exact) mass is 264 g/mol. The van der Waals surface area contributed by atoms with Crippen molar-refractivity contribution in [2.45, 2.75) is 31.2 Å². The lowest BCUT2D eigenvalue weighted by Crippen LogP contribution is -2.53. The van der Waals surface area contributed by atoms with E-state index in [2.05, 4.69) is 0 Å². The van der Waals surface area contributed by atoms with Crippen LogP contribution < -0.4 is 5.73 Å². The number of nitrogens with two attached hydrogens (primary N) is 1. The predicted octanol–water partition coefficient (Wildman–Crippen LogP) is 2.15. The van der Waals surface area contributed by atoms with Crippen LogP contribution in [0.2, 0.25) is 0 Å². The van der Waals surface area contributed by atoms with Gasteiger partial charge in [-0.2, -0.15) is 26.3 Å². The molecule has 0 aromatic rings. The molecule has 1 heterocycles. The molecule has 102 valence electrons. The van der Waals surface area contributed by atoms with Crippen molar-refractivity contribution in [2.24, 2.45) is 11.7 Å². The topological polar surface area (TPSA) is 29.3 Å². The summed E-state index contributed by atoms with van der Waals surface area (Å²) in [6.45, 7) is -1.06. The van der Waals surface area contributed by atoms with Crippen molar-refractivity contribution in [2.75, 3.05) is 19.6 Å². The molecule has 1 atom stereocenters. The first-order chi connectivity index (χ1) is 7.66. The Kier molecular flexibility index (Phi) is 4.29. The Morgan fingerprint density at radius 3 is 1.82 bits per heavy atom. The van der Waals surface area contributed by atoms with Crippen molar-refractivity contribution in [1.82, 2.24) is 4.90 Å². The van der Waals surface area contributed by atoms with Crippen LogP contribution in [0.4, 0.5) is 26.3 Å². The number of rotatable bonds is 2. The normalized spacial score (nSPS) is 22.8. The molecule has 0 aliphatic carbocycles. The minimum Gasteiger partial charge on any atom is -0.329 e. The smallest absolute Gasteiger partial charge is 0.329 e. The van der Waals surface area contributed by atoms with E-state index in [1.807, 2.05) is 0 Å². The van der Waals surface area contributed by atoms with Gasteiger partial charge in [-0.25, -0.2) is 0 Å². The van der Waals surface area contributed by atoms with Crippen molar-refractivity contribution in [3.05, 3.63) is 0 Å². The van der Waals surface area contributed by atoms with E-state index in [1.165, 1.54) is 0 Å². The zero-order chi connectivity index (χ0) is 13.3. The molecule has 0 aromatic heterocycles. The summed E-state index contributed by atoms with van der Waals surface area (Å²) < 4.78 is 74.4. The van der Waals surface area contributed by atoms with E-state index in [9.17, 15) is 26.3 Å². The maximum atomic E-state index is 12.5. The van der Waals surface area contributed by atoms with Gasteiger partial charge in [-0.3, -0.25) is 4.90 Å². The average Bonchev–Trinajstić information content (AvgIpc) is 2.16. The Bertz CT molecular complexity index is 241. The third-order valence-electron chi connectivity index (χ3n) is 3.03. The summed E-state index contributed by atoms with van der Waals surface area (Å²) in [5.41, 5.74) is 5.03. The summed E-state index contributed by atoms with van der Waals surface area (Å²) in [5, 5.41) is 0. The molecule has 0 spiro atoms. The van der Waals surface area contributed by atoms with Crippen molar-refractivity contribution in [3.63, 3.8) is 0 Å². The van der Waals surface area contributed by atoms with Crippen LogP contribution in [-0.2, 0) is 0 Å². The van der Waals surface area contributed by atoms with E-state index in [0.717, 1.165) is 4.90 Å². The molecular formula is C9H14F6N2. The first-order valence-corrected chi connectivity index (χ1v) is 5.23. The minimum atomic E-state index is -4.49. The number of halogens is 6. The third kappa shape index (κ3) is 3.74. The maximum Gasteiger partial charge on any atom is 0.405 e. The first-order valence-electron chi connectivity index (χ1n) is 5.23. The fraction of sp³-hybridized carbons (Fsp3) is 1.00. The molecule has 0 saturated carbocycles. The summed E-state index contributed by atoms with van der Waals surface area (Å²) in [6.07, 6.45) is -9.39. The minimum absolute atomic E-state index is 0.217. The van der Waals surface area contributed by atoms with Crippen molar-refractivity contribution in [1.29, 1.82) is 0 Å². The van der Waals surface area contributed by atoms with E-state index < -0.39 is 30.9 Å². The van der Waals surface area contributed by atoms with Gasteiger partial charge in [0, 0.05) is 6.54 Å². The molecule has 1 fully saturated rings. The van der Waals surface area contributed by atoms with Crippen LogP contribution >= 0.6 is 0 Å². The maximum absolute atomic E-state index is 12.5. The Labute approximate surface area is 94.7 Å². The molecule has 1 saturated heterocycles. The lowest BCUT2D eigenvalue weighted by atomic mass is 9.95. The van der Waals surface area contributed by atoms with E-state index in [-0.39, 0.29) is 25.9 Å². The standard InChI is InChI=1S/C9H14F6N2/c10-8(11,12)6-1-3-17(4-2-6)7(5-16)9(13,14)15/h6-7H,1-5,16H2. The van der Waals surface area contributed by atoms with Crippen LogP contribution in [0.25, 0.3) is 0 Å². The van der Waals surface area contributed by atoms with Gasteiger partial charge in [0.15, 0.2) is 0 Å². The lowest BCUT2D eigenvalue weighted by molar-refractivity contribution is -0.205. The average molecular weight is 264 g/mol.